The van der Waals surface area contributed by atoms with E-state index in [-0.39, 0.29) is 0 Å². The van der Waals surface area contributed by atoms with Crippen LogP contribution < -0.4 is 14.8 Å². The van der Waals surface area contributed by atoms with Crippen LogP contribution in [0.1, 0.15) is 5.56 Å². The lowest BCUT2D eigenvalue weighted by Crippen LogP contribution is -1.94. The molecule has 0 amide bonds. The van der Waals surface area contributed by atoms with Crippen LogP contribution in [0.2, 0.25) is 0 Å². The quantitative estimate of drug-likeness (QED) is 0.484. The molecule has 26 heavy (non-hydrogen) atoms. The molecule has 2 aromatic carbocycles. The maximum absolute atomic E-state index is 13.5. The monoisotopic (exact) mass is 357 g/mol. The third-order valence-corrected chi connectivity index (χ3v) is 4.52. The topological polar surface area (TPSA) is 62.1 Å². The summed E-state index contributed by atoms with van der Waals surface area (Å²) in [5.74, 6) is 0.609. The Morgan fingerprint density at radius 3 is 2.08 bits per heavy atom. The smallest absolute Gasteiger partial charge is 0.161 e. The first-order chi connectivity index (χ1) is 12.5. The second-order valence-corrected chi connectivity index (χ2v) is 6.04. The van der Waals surface area contributed by atoms with Crippen molar-refractivity contribution in [3.05, 3.63) is 47.5 Å². The molecule has 0 radical (unpaired) electrons. The van der Waals surface area contributed by atoms with E-state index in [4.69, 9.17) is 9.47 Å². The van der Waals surface area contributed by atoms with Crippen LogP contribution in [-0.4, -0.2) is 24.4 Å². The Morgan fingerprint density at radius 2 is 1.46 bits per heavy atom. The van der Waals surface area contributed by atoms with Gasteiger partial charge in [0.1, 0.15) is 17.5 Å². The molecule has 1 aliphatic carbocycles. The number of fused-ring (bicyclic) bond motifs is 3. The zero-order chi connectivity index (χ0) is 18.4. The average Bonchev–Trinajstić information content (AvgIpc) is 3.13. The molecule has 0 atom stereocenters. The molecular formula is C19H17F2N3O2. The molecule has 0 unspecified atom stereocenters. The van der Waals surface area contributed by atoms with Gasteiger partial charge in [-0.25, -0.2) is 8.78 Å². The van der Waals surface area contributed by atoms with E-state index in [2.05, 4.69) is 15.5 Å². The number of ether oxygens (including phenoxy) is 2. The number of aromatic amines is 2. The van der Waals surface area contributed by atoms with Gasteiger partial charge in [0, 0.05) is 22.7 Å². The number of anilines is 2. The van der Waals surface area contributed by atoms with Gasteiger partial charge in [-0.05, 0) is 42.1 Å². The minimum Gasteiger partial charge on any atom is -0.493 e. The zero-order valence-electron chi connectivity index (χ0n) is 14.5. The molecular weight excluding hydrogens is 340 g/mol. The third-order valence-electron chi connectivity index (χ3n) is 4.52. The van der Waals surface area contributed by atoms with E-state index in [0.29, 0.717) is 23.0 Å². The van der Waals surface area contributed by atoms with Crippen LogP contribution in [0.15, 0.2) is 30.3 Å². The van der Waals surface area contributed by atoms with Crippen LogP contribution >= 0.6 is 0 Å². The maximum Gasteiger partial charge on any atom is 0.161 e. The number of methoxy groups -OCH3 is 2. The van der Waals surface area contributed by atoms with E-state index in [0.717, 1.165) is 33.7 Å². The van der Waals surface area contributed by atoms with Crippen LogP contribution in [0.4, 0.5) is 20.3 Å². The molecule has 134 valence electrons. The van der Waals surface area contributed by atoms with Gasteiger partial charge >= 0.3 is 0 Å². The Morgan fingerprint density at radius 1 is 0.846 bits per heavy atom. The lowest BCUT2D eigenvalue weighted by atomic mass is 10.1. The van der Waals surface area contributed by atoms with Crippen molar-refractivity contribution in [2.75, 3.05) is 19.5 Å². The van der Waals surface area contributed by atoms with E-state index < -0.39 is 11.6 Å². The first-order valence-electron chi connectivity index (χ1n) is 7.99. The average molecular weight is 357 g/mol. The number of nitrogens with one attached hydrogen (secondary N) is 3. The van der Waals surface area contributed by atoms with E-state index in [1.54, 1.807) is 14.2 Å². The molecule has 0 bridgehead atoms. The Bertz CT molecular complexity index is 1060. The number of halogens is 2. The summed E-state index contributed by atoms with van der Waals surface area (Å²) in [5, 5.41) is 11.2. The second kappa shape index (κ2) is 5.94. The van der Waals surface area contributed by atoms with Crippen LogP contribution in [-0.2, 0) is 0 Å². The summed E-state index contributed by atoms with van der Waals surface area (Å²) in [5.41, 5.74) is 3.10. The molecule has 0 saturated carbocycles. The molecule has 0 saturated heterocycles. The maximum atomic E-state index is 13.5. The van der Waals surface area contributed by atoms with Gasteiger partial charge in [-0.1, -0.05) is 0 Å². The van der Waals surface area contributed by atoms with Crippen molar-refractivity contribution >= 4 is 22.3 Å². The fraction of sp³-hybridized carbons (Fsp3) is 0.158. The largest absolute Gasteiger partial charge is 0.493 e. The summed E-state index contributed by atoms with van der Waals surface area (Å²) in [4.78, 5) is 0. The molecule has 4 rings (SSSR count). The number of rotatable bonds is 4. The van der Waals surface area contributed by atoms with E-state index >= 15 is 0 Å². The number of aryl methyl sites for hydroxylation is 1. The number of benzene rings is 2. The number of H-pyrrole nitrogens is 2. The molecule has 7 heteroatoms. The molecule has 0 aromatic heterocycles. The molecule has 5 nitrogen and oxygen atoms in total. The van der Waals surface area contributed by atoms with Gasteiger partial charge in [0.25, 0.3) is 0 Å². The Kier molecular flexibility index (Phi) is 3.72. The Balaban J connectivity index is 1.85. The summed E-state index contributed by atoms with van der Waals surface area (Å²) >= 11 is 0. The van der Waals surface area contributed by atoms with Crippen LogP contribution in [0.3, 0.4) is 0 Å². The lowest BCUT2D eigenvalue weighted by Gasteiger charge is -2.08. The van der Waals surface area contributed by atoms with Crippen LogP contribution in [0.5, 0.6) is 11.5 Å². The van der Waals surface area contributed by atoms with Gasteiger partial charge in [0.15, 0.2) is 11.5 Å². The van der Waals surface area contributed by atoms with Crippen LogP contribution in [0.25, 0.3) is 22.0 Å². The highest BCUT2D eigenvalue weighted by atomic mass is 19.1. The number of aromatic nitrogens is 2. The SMILES string of the molecule is COc1cc2c3[nH][nH]c(Nc4cc(F)cc(F)c4)c-3c(C)c2cc1OC. The predicted molar refractivity (Wildman–Crippen MR) is 96.8 cm³/mol. The van der Waals surface area contributed by atoms with E-state index in [1.807, 2.05) is 19.1 Å². The minimum absolute atomic E-state index is 0.319. The Labute approximate surface area is 148 Å². The first-order valence-corrected chi connectivity index (χ1v) is 7.99. The molecule has 1 aliphatic heterocycles. The fourth-order valence-corrected chi connectivity index (χ4v) is 3.35. The van der Waals surface area contributed by atoms with E-state index in [1.165, 1.54) is 12.1 Å². The van der Waals surface area contributed by atoms with Crippen molar-refractivity contribution in [3.8, 4) is 22.8 Å². The molecule has 2 aliphatic rings. The van der Waals surface area contributed by atoms with Crippen molar-refractivity contribution in [1.29, 1.82) is 0 Å². The van der Waals surface area contributed by atoms with E-state index in [9.17, 15) is 8.78 Å². The summed E-state index contributed by atoms with van der Waals surface area (Å²) in [6, 6.07) is 7.13. The van der Waals surface area contributed by atoms with Gasteiger partial charge in [-0.15, -0.1) is 0 Å². The minimum atomic E-state index is -0.641. The third kappa shape index (κ3) is 2.44. The molecule has 0 fully saturated rings. The molecule has 3 N–H and O–H groups in total. The highest BCUT2D eigenvalue weighted by molar-refractivity contribution is 6.08. The van der Waals surface area contributed by atoms with Gasteiger partial charge in [-0.3, -0.25) is 10.2 Å². The van der Waals surface area contributed by atoms with Gasteiger partial charge < -0.3 is 14.8 Å². The van der Waals surface area contributed by atoms with Gasteiger partial charge in [-0.2, -0.15) is 0 Å². The summed E-state index contributed by atoms with van der Waals surface area (Å²) < 4.78 is 37.7. The predicted octanol–water partition coefficient (Wildman–Crippen LogP) is 4.95. The summed E-state index contributed by atoms with van der Waals surface area (Å²) in [7, 11) is 3.18. The molecule has 2 aromatic rings. The van der Waals surface area contributed by atoms with Crippen molar-refractivity contribution < 1.29 is 18.3 Å². The second-order valence-electron chi connectivity index (χ2n) is 6.04. The van der Waals surface area contributed by atoms with Gasteiger partial charge in [0.2, 0.25) is 0 Å². The van der Waals surface area contributed by atoms with Gasteiger partial charge in [0.05, 0.1) is 19.9 Å². The first kappa shape index (κ1) is 16.3. The number of hydrogen-bond donors (Lipinski definition) is 3. The standard InChI is InChI=1S/C19H17F2N3O2/c1-9-13-7-15(25-2)16(26-3)8-14(13)18-17(9)19(24-23-18)22-12-5-10(20)4-11(21)6-12/h4-8,22-24H,1-3H3. The lowest BCUT2D eigenvalue weighted by molar-refractivity contribution is 0.356. The number of hydrogen-bond acceptors (Lipinski definition) is 3. The van der Waals surface area contributed by atoms with Crippen molar-refractivity contribution in [2.45, 2.75) is 6.92 Å². The van der Waals surface area contributed by atoms with Crippen molar-refractivity contribution in [1.82, 2.24) is 10.2 Å². The highest BCUT2D eigenvalue weighted by Crippen LogP contribution is 2.45. The Hall–Kier alpha value is -3.22. The summed E-state index contributed by atoms with van der Waals surface area (Å²) in [6.07, 6.45) is 0. The molecule has 0 spiro atoms. The van der Waals surface area contributed by atoms with Crippen molar-refractivity contribution in [2.24, 2.45) is 0 Å². The van der Waals surface area contributed by atoms with Crippen LogP contribution in [0, 0.1) is 18.6 Å². The van der Waals surface area contributed by atoms with Crippen molar-refractivity contribution in [3.63, 3.8) is 0 Å². The highest BCUT2D eigenvalue weighted by Gasteiger charge is 2.23. The summed E-state index contributed by atoms with van der Waals surface area (Å²) in [6.45, 7) is 1.98. The molecule has 1 heterocycles. The fourth-order valence-electron chi connectivity index (χ4n) is 3.35. The normalized spacial score (nSPS) is 11.3. The zero-order valence-corrected chi connectivity index (χ0v) is 14.5.